The lowest BCUT2D eigenvalue weighted by Gasteiger charge is -2.15. The Morgan fingerprint density at radius 2 is 1.78 bits per heavy atom. The minimum absolute atomic E-state index is 0.138. The summed E-state index contributed by atoms with van der Waals surface area (Å²) in [5.41, 5.74) is 4.14. The summed E-state index contributed by atoms with van der Waals surface area (Å²) >= 11 is 11.5. The number of nitrogens with one attached hydrogen (secondary N) is 1. The summed E-state index contributed by atoms with van der Waals surface area (Å²) in [4.78, 5) is 14.7. The average molecular weight is 397 g/mol. The normalized spacial score (nSPS) is 16.7. The van der Waals surface area contributed by atoms with Crippen molar-refractivity contribution in [2.75, 3.05) is 4.90 Å². The number of halogens is 1. The largest absolute Gasteiger partial charge is 0.346 e. The predicted octanol–water partition coefficient (Wildman–Crippen LogP) is 4.10. The summed E-state index contributed by atoms with van der Waals surface area (Å²) < 4.78 is 1.85. The molecule has 1 amide bonds. The zero-order valence-electron chi connectivity index (χ0n) is 14.8. The number of anilines is 1. The smallest absolute Gasteiger partial charge is 0.260 e. The second-order valence-electron chi connectivity index (χ2n) is 6.37. The first kappa shape index (κ1) is 17.7. The molecule has 1 atom stereocenters. The maximum Gasteiger partial charge on any atom is 0.260 e. The van der Waals surface area contributed by atoms with Crippen LogP contribution in [0.3, 0.4) is 0 Å². The van der Waals surface area contributed by atoms with E-state index in [4.69, 9.17) is 23.8 Å². The highest BCUT2D eigenvalue weighted by Crippen LogP contribution is 2.32. The molecule has 5 nitrogen and oxygen atoms in total. The van der Waals surface area contributed by atoms with Crippen LogP contribution in [0.4, 0.5) is 5.69 Å². The Balaban J connectivity index is 1.74. The number of benzene rings is 2. The number of nitrogens with zero attached hydrogens (tertiary/aromatic N) is 3. The molecule has 7 heteroatoms. The van der Waals surface area contributed by atoms with Gasteiger partial charge < -0.3 is 5.32 Å². The predicted molar refractivity (Wildman–Crippen MR) is 110 cm³/mol. The maximum atomic E-state index is 13.2. The van der Waals surface area contributed by atoms with Crippen LogP contribution in [0.1, 0.15) is 23.0 Å². The number of aryl methyl sites for hydroxylation is 1. The third kappa shape index (κ3) is 3.01. The van der Waals surface area contributed by atoms with Gasteiger partial charge in [0.2, 0.25) is 0 Å². The van der Waals surface area contributed by atoms with Crippen LogP contribution in [0.2, 0.25) is 5.02 Å². The van der Waals surface area contributed by atoms with Gasteiger partial charge in [0, 0.05) is 16.3 Å². The van der Waals surface area contributed by atoms with Crippen LogP contribution in [-0.4, -0.2) is 20.8 Å². The second-order valence-corrected chi connectivity index (χ2v) is 7.19. The topological polar surface area (TPSA) is 50.2 Å². The quantitative estimate of drug-likeness (QED) is 0.677. The van der Waals surface area contributed by atoms with Crippen molar-refractivity contribution < 1.29 is 4.79 Å². The van der Waals surface area contributed by atoms with Gasteiger partial charge >= 0.3 is 0 Å². The third-order valence-electron chi connectivity index (χ3n) is 4.64. The van der Waals surface area contributed by atoms with E-state index in [1.165, 1.54) is 4.90 Å². The summed E-state index contributed by atoms with van der Waals surface area (Å²) in [5.74, 6) is -0.138. The molecule has 1 aliphatic rings. The Bertz CT molecular complexity index is 1050. The first-order valence-corrected chi connectivity index (χ1v) is 9.27. The van der Waals surface area contributed by atoms with E-state index in [0.29, 0.717) is 15.8 Å². The molecule has 1 saturated heterocycles. The number of amides is 1. The van der Waals surface area contributed by atoms with Gasteiger partial charge in [-0.3, -0.25) is 9.69 Å². The molecule has 0 unspecified atom stereocenters. The van der Waals surface area contributed by atoms with E-state index in [9.17, 15) is 4.79 Å². The first-order chi connectivity index (χ1) is 13.0. The SMILES string of the molecule is Cc1nn(-c2ccccc2)c(C)c1[C@H]1NC(=S)N(c2cccc(Cl)c2)C1=O. The molecule has 27 heavy (non-hydrogen) atoms. The average Bonchev–Trinajstić information content (AvgIpc) is 3.10. The number of hydrogen-bond acceptors (Lipinski definition) is 3. The van der Waals surface area contributed by atoms with Crippen LogP contribution in [0.15, 0.2) is 54.6 Å². The van der Waals surface area contributed by atoms with Crippen molar-refractivity contribution >= 4 is 40.5 Å². The van der Waals surface area contributed by atoms with Gasteiger partial charge in [-0.15, -0.1) is 0 Å². The lowest BCUT2D eigenvalue weighted by Crippen LogP contribution is -2.30. The maximum absolute atomic E-state index is 13.2. The highest BCUT2D eigenvalue weighted by atomic mass is 35.5. The molecule has 3 aromatic rings. The standard InChI is InChI=1S/C20H17ClN4OS/c1-12-17(13(2)25(23-12)15-8-4-3-5-9-15)18-19(26)24(20(27)22-18)16-10-6-7-14(21)11-16/h3-11,18H,1-2H3,(H,22,27)/t18-/m1/s1. The molecular weight excluding hydrogens is 380 g/mol. The van der Waals surface area contributed by atoms with E-state index >= 15 is 0 Å². The fraction of sp³-hybridized carbons (Fsp3) is 0.150. The molecular formula is C20H17ClN4OS. The number of carbonyl (C=O) groups excluding carboxylic acids is 1. The van der Waals surface area contributed by atoms with Gasteiger partial charge in [-0.05, 0) is 56.4 Å². The third-order valence-corrected chi connectivity index (χ3v) is 5.18. The van der Waals surface area contributed by atoms with Crippen molar-refractivity contribution in [3.05, 3.63) is 76.6 Å². The minimum atomic E-state index is -0.575. The molecule has 0 saturated carbocycles. The highest BCUT2D eigenvalue weighted by molar-refractivity contribution is 7.80. The molecule has 4 rings (SSSR count). The van der Waals surface area contributed by atoms with Crippen LogP contribution >= 0.6 is 23.8 Å². The summed E-state index contributed by atoms with van der Waals surface area (Å²) in [6.45, 7) is 3.87. The summed E-state index contributed by atoms with van der Waals surface area (Å²) in [5, 5.41) is 8.70. The van der Waals surface area contributed by atoms with Crippen LogP contribution in [0.5, 0.6) is 0 Å². The van der Waals surface area contributed by atoms with E-state index in [-0.39, 0.29) is 5.91 Å². The molecule has 136 valence electrons. The van der Waals surface area contributed by atoms with E-state index in [1.54, 1.807) is 18.2 Å². The Morgan fingerprint density at radius 1 is 1.07 bits per heavy atom. The summed E-state index contributed by atoms with van der Waals surface area (Å²) in [6.07, 6.45) is 0. The lowest BCUT2D eigenvalue weighted by atomic mass is 10.0. The van der Waals surface area contributed by atoms with Gasteiger partial charge in [-0.25, -0.2) is 4.68 Å². The number of aromatic nitrogens is 2. The van der Waals surface area contributed by atoms with E-state index in [2.05, 4.69) is 10.4 Å². The van der Waals surface area contributed by atoms with Gasteiger partial charge in [-0.2, -0.15) is 5.10 Å². The molecule has 0 radical (unpaired) electrons. The molecule has 1 fully saturated rings. The highest BCUT2D eigenvalue weighted by Gasteiger charge is 2.40. The molecule has 1 N–H and O–H groups in total. The van der Waals surface area contributed by atoms with Gasteiger partial charge in [0.15, 0.2) is 5.11 Å². The van der Waals surface area contributed by atoms with E-state index in [0.717, 1.165) is 22.6 Å². The van der Waals surface area contributed by atoms with Gasteiger partial charge in [-0.1, -0.05) is 35.9 Å². The van der Waals surface area contributed by atoms with Crippen molar-refractivity contribution in [2.24, 2.45) is 0 Å². The monoisotopic (exact) mass is 396 g/mol. The number of thiocarbonyl (C=S) groups is 1. The van der Waals surface area contributed by atoms with Crippen molar-refractivity contribution in [1.29, 1.82) is 0 Å². The Kier molecular flexibility index (Phi) is 4.45. The minimum Gasteiger partial charge on any atom is -0.346 e. The van der Waals surface area contributed by atoms with Crippen molar-refractivity contribution in [2.45, 2.75) is 19.9 Å². The van der Waals surface area contributed by atoms with Crippen molar-refractivity contribution in [3.8, 4) is 5.69 Å². The number of rotatable bonds is 3. The lowest BCUT2D eigenvalue weighted by molar-refractivity contribution is -0.118. The zero-order valence-corrected chi connectivity index (χ0v) is 16.4. The molecule has 2 heterocycles. The van der Waals surface area contributed by atoms with Crippen molar-refractivity contribution in [3.63, 3.8) is 0 Å². The Labute approximate surface area is 167 Å². The molecule has 1 aliphatic heterocycles. The Morgan fingerprint density at radius 3 is 2.48 bits per heavy atom. The molecule has 0 bridgehead atoms. The summed E-state index contributed by atoms with van der Waals surface area (Å²) in [6, 6.07) is 16.4. The zero-order chi connectivity index (χ0) is 19.1. The first-order valence-electron chi connectivity index (χ1n) is 8.49. The van der Waals surface area contributed by atoms with Crippen LogP contribution in [0.25, 0.3) is 5.69 Å². The fourth-order valence-corrected chi connectivity index (χ4v) is 3.93. The fourth-order valence-electron chi connectivity index (χ4n) is 3.43. The number of hydrogen-bond donors (Lipinski definition) is 1. The van der Waals surface area contributed by atoms with Crippen molar-refractivity contribution in [1.82, 2.24) is 15.1 Å². The van der Waals surface area contributed by atoms with Crippen LogP contribution in [0, 0.1) is 13.8 Å². The molecule has 2 aromatic carbocycles. The molecule has 1 aromatic heterocycles. The van der Waals surface area contributed by atoms with Crippen LogP contribution in [-0.2, 0) is 4.79 Å². The second kappa shape index (κ2) is 6.79. The van der Waals surface area contributed by atoms with Gasteiger partial charge in [0.25, 0.3) is 5.91 Å². The molecule has 0 spiro atoms. The van der Waals surface area contributed by atoms with Crippen LogP contribution < -0.4 is 10.2 Å². The molecule has 0 aliphatic carbocycles. The van der Waals surface area contributed by atoms with E-state index < -0.39 is 6.04 Å². The van der Waals surface area contributed by atoms with E-state index in [1.807, 2.05) is 54.9 Å². The number of carbonyl (C=O) groups is 1. The Hall–Kier alpha value is -2.70. The van der Waals surface area contributed by atoms with Gasteiger partial charge in [0.1, 0.15) is 6.04 Å². The van der Waals surface area contributed by atoms with Gasteiger partial charge in [0.05, 0.1) is 17.1 Å². The number of para-hydroxylation sites is 1. The summed E-state index contributed by atoms with van der Waals surface area (Å²) in [7, 11) is 0.